The van der Waals surface area contributed by atoms with Gasteiger partial charge in [0, 0.05) is 12.5 Å². The van der Waals surface area contributed by atoms with E-state index in [1.54, 1.807) is 0 Å². The highest BCUT2D eigenvalue weighted by Gasteiger charge is 2.03. The fraction of sp³-hybridized carbons (Fsp3) is 0.783. The van der Waals surface area contributed by atoms with Gasteiger partial charge in [0.15, 0.2) is 12.4 Å². The molecule has 0 aliphatic carbocycles. The van der Waals surface area contributed by atoms with Gasteiger partial charge < -0.3 is 9.84 Å². The Kier molecular flexibility index (Phi) is 18.9. The number of allylic oxidation sites excluding steroid dienone is 1. The summed E-state index contributed by atoms with van der Waals surface area (Å²) in [5.74, 6) is -2.14. The van der Waals surface area contributed by atoms with Crippen LogP contribution in [0, 0.1) is 0 Å². The number of carboxylic acids is 1. The zero-order chi connectivity index (χ0) is 20.9. The SMILES string of the molecule is CCCCCCCCCCCCCCCCCC(=O)C=CC(=O)OCC(=O)O. The molecule has 0 aliphatic heterocycles. The van der Waals surface area contributed by atoms with E-state index in [0.717, 1.165) is 25.3 Å². The van der Waals surface area contributed by atoms with Crippen molar-refractivity contribution in [2.75, 3.05) is 6.61 Å². The molecular formula is C23H40O5. The highest BCUT2D eigenvalue weighted by molar-refractivity contribution is 5.96. The average Bonchev–Trinajstić information content (AvgIpc) is 2.67. The fourth-order valence-corrected chi connectivity index (χ4v) is 3.10. The molecule has 162 valence electrons. The lowest BCUT2D eigenvalue weighted by Gasteiger charge is -2.03. The molecule has 1 N–H and O–H groups in total. The number of unbranched alkanes of at least 4 members (excludes halogenated alkanes) is 14. The van der Waals surface area contributed by atoms with Crippen LogP contribution in [0.1, 0.15) is 110 Å². The van der Waals surface area contributed by atoms with Gasteiger partial charge in [0.1, 0.15) is 0 Å². The maximum atomic E-state index is 11.6. The summed E-state index contributed by atoms with van der Waals surface area (Å²) >= 11 is 0. The zero-order valence-electron chi connectivity index (χ0n) is 17.8. The van der Waals surface area contributed by atoms with Crippen LogP contribution >= 0.6 is 0 Å². The molecule has 0 fully saturated rings. The van der Waals surface area contributed by atoms with Gasteiger partial charge in [-0.2, -0.15) is 0 Å². The summed E-state index contributed by atoms with van der Waals surface area (Å²) in [7, 11) is 0. The van der Waals surface area contributed by atoms with E-state index in [2.05, 4.69) is 11.7 Å². The first-order chi connectivity index (χ1) is 13.6. The molecule has 0 radical (unpaired) electrons. The number of carbonyl (C=O) groups excluding carboxylic acids is 2. The Hall–Kier alpha value is -1.65. The molecule has 0 unspecified atom stereocenters. The maximum Gasteiger partial charge on any atom is 0.341 e. The number of ketones is 1. The summed E-state index contributed by atoms with van der Waals surface area (Å²) in [6.07, 6.45) is 21.8. The quantitative estimate of drug-likeness (QED) is 0.155. The lowest BCUT2D eigenvalue weighted by molar-refractivity contribution is -0.151. The maximum absolute atomic E-state index is 11.6. The van der Waals surface area contributed by atoms with E-state index >= 15 is 0 Å². The number of carbonyl (C=O) groups is 3. The first kappa shape index (κ1) is 26.4. The van der Waals surface area contributed by atoms with Gasteiger partial charge in [-0.1, -0.05) is 96.8 Å². The van der Waals surface area contributed by atoms with E-state index in [0.29, 0.717) is 6.42 Å². The molecule has 0 saturated heterocycles. The first-order valence-electron chi connectivity index (χ1n) is 11.2. The van der Waals surface area contributed by atoms with Gasteiger partial charge in [-0.25, -0.2) is 9.59 Å². The predicted molar refractivity (Wildman–Crippen MR) is 112 cm³/mol. The largest absolute Gasteiger partial charge is 0.479 e. The summed E-state index contributed by atoms with van der Waals surface area (Å²) in [6, 6.07) is 0. The van der Waals surface area contributed by atoms with Gasteiger partial charge in [-0.05, 0) is 12.5 Å². The van der Waals surface area contributed by atoms with Crippen molar-refractivity contribution in [3.8, 4) is 0 Å². The number of rotatable bonds is 20. The molecule has 0 aliphatic rings. The molecule has 0 heterocycles. The molecule has 0 spiro atoms. The summed E-state index contributed by atoms with van der Waals surface area (Å²) in [6.45, 7) is 1.57. The van der Waals surface area contributed by atoms with Gasteiger partial charge in [-0.15, -0.1) is 0 Å². The molecule has 5 nitrogen and oxygen atoms in total. The van der Waals surface area contributed by atoms with Crippen molar-refractivity contribution in [3.63, 3.8) is 0 Å². The van der Waals surface area contributed by atoms with Crippen LogP contribution in [0.15, 0.2) is 12.2 Å². The van der Waals surface area contributed by atoms with Gasteiger partial charge in [0.2, 0.25) is 0 Å². The summed E-state index contributed by atoms with van der Waals surface area (Å²) in [4.78, 5) is 33.0. The highest BCUT2D eigenvalue weighted by atomic mass is 16.5. The smallest absolute Gasteiger partial charge is 0.341 e. The molecule has 0 saturated carbocycles. The summed E-state index contributed by atoms with van der Waals surface area (Å²) in [5.41, 5.74) is 0. The van der Waals surface area contributed by atoms with Crippen LogP contribution in [0.25, 0.3) is 0 Å². The molecule has 0 aromatic rings. The molecule has 5 heteroatoms. The van der Waals surface area contributed by atoms with Crippen LogP contribution in [-0.2, 0) is 19.1 Å². The van der Waals surface area contributed by atoms with E-state index in [1.807, 2.05) is 0 Å². The van der Waals surface area contributed by atoms with Crippen LogP contribution in [0.5, 0.6) is 0 Å². The van der Waals surface area contributed by atoms with E-state index < -0.39 is 18.5 Å². The lowest BCUT2D eigenvalue weighted by atomic mass is 10.0. The molecule has 0 rings (SSSR count). The summed E-state index contributed by atoms with van der Waals surface area (Å²) in [5, 5.41) is 8.37. The highest BCUT2D eigenvalue weighted by Crippen LogP contribution is 2.13. The number of aliphatic carboxylic acids is 1. The Labute approximate surface area is 170 Å². The Bertz CT molecular complexity index is 442. The minimum Gasteiger partial charge on any atom is -0.479 e. The topological polar surface area (TPSA) is 80.7 Å². The van der Waals surface area contributed by atoms with Crippen molar-refractivity contribution < 1.29 is 24.2 Å². The fourth-order valence-electron chi connectivity index (χ4n) is 3.10. The molecule has 28 heavy (non-hydrogen) atoms. The van der Waals surface area contributed by atoms with Gasteiger partial charge in [-0.3, -0.25) is 4.79 Å². The third kappa shape index (κ3) is 20.7. The van der Waals surface area contributed by atoms with E-state index in [-0.39, 0.29) is 5.78 Å². The Morgan fingerprint density at radius 2 is 1.11 bits per heavy atom. The predicted octanol–water partition coefficient (Wildman–Crippen LogP) is 6.00. The van der Waals surface area contributed by atoms with Crippen molar-refractivity contribution in [3.05, 3.63) is 12.2 Å². The zero-order valence-corrected chi connectivity index (χ0v) is 17.8. The number of carboxylic acid groups (broad SMARTS) is 1. The molecular weight excluding hydrogens is 356 g/mol. The molecule has 0 amide bonds. The van der Waals surface area contributed by atoms with Crippen molar-refractivity contribution in [2.45, 2.75) is 110 Å². The number of esters is 1. The molecule has 0 aromatic carbocycles. The minimum absolute atomic E-state index is 0.123. The van der Waals surface area contributed by atoms with E-state index in [9.17, 15) is 14.4 Å². The van der Waals surface area contributed by atoms with Crippen molar-refractivity contribution in [2.24, 2.45) is 0 Å². The standard InChI is InChI=1S/C23H40O5/c1-2-3-4-5-6-7-8-9-10-11-12-13-14-15-16-17-21(24)18-19-23(27)28-20-22(25)26/h18-19H,2-17,20H2,1H3,(H,25,26). The first-order valence-corrected chi connectivity index (χ1v) is 11.2. The van der Waals surface area contributed by atoms with Gasteiger partial charge >= 0.3 is 11.9 Å². The molecule has 0 atom stereocenters. The second-order valence-electron chi connectivity index (χ2n) is 7.50. The average molecular weight is 397 g/mol. The number of ether oxygens (including phenoxy) is 1. The third-order valence-corrected chi connectivity index (χ3v) is 4.77. The van der Waals surface area contributed by atoms with Crippen molar-refractivity contribution in [1.82, 2.24) is 0 Å². The second-order valence-corrected chi connectivity index (χ2v) is 7.50. The molecule has 0 aromatic heterocycles. The number of hydrogen-bond donors (Lipinski definition) is 1. The van der Waals surface area contributed by atoms with Gasteiger partial charge in [0.25, 0.3) is 0 Å². The molecule has 0 bridgehead atoms. The van der Waals surface area contributed by atoms with Crippen LogP contribution < -0.4 is 0 Å². The van der Waals surface area contributed by atoms with Crippen molar-refractivity contribution in [1.29, 1.82) is 0 Å². The van der Waals surface area contributed by atoms with Crippen LogP contribution in [0.3, 0.4) is 0 Å². The van der Waals surface area contributed by atoms with Crippen molar-refractivity contribution >= 4 is 17.7 Å². The summed E-state index contributed by atoms with van der Waals surface area (Å²) < 4.78 is 4.41. The van der Waals surface area contributed by atoms with Crippen LogP contribution in [-0.4, -0.2) is 29.4 Å². The van der Waals surface area contributed by atoms with E-state index in [4.69, 9.17) is 5.11 Å². The van der Waals surface area contributed by atoms with Crippen LogP contribution in [0.2, 0.25) is 0 Å². The Morgan fingerprint density at radius 3 is 1.54 bits per heavy atom. The van der Waals surface area contributed by atoms with E-state index in [1.165, 1.54) is 83.1 Å². The third-order valence-electron chi connectivity index (χ3n) is 4.77. The lowest BCUT2D eigenvalue weighted by Crippen LogP contribution is -2.11. The number of hydrogen-bond acceptors (Lipinski definition) is 4. The van der Waals surface area contributed by atoms with Crippen LogP contribution in [0.4, 0.5) is 0 Å². The minimum atomic E-state index is -1.22. The van der Waals surface area contributed by atoms with Gasteiger partial charge in [0.05, 0.1) is 0 Å². The second kappa shape index (κ2) is 20.1. The normalized spacial score (nSPS) is 11.0. The Morgan fingerprint density at radius 1 is 0.679 bits per heavy atom. The monoisotopic (exact) mass is 396 g/mol. The Balaban J connectivity index is 3.33.